The fraction of sp³-hybridized carbons (Fsp3) is 0.789. The summed E-state index contributed by atoms with van der Waals surface area (Å²) in [6.45, 7) is 6.82. The number of ether oxygens (including phenoxy) is 2. The minimum atomic E-state index is -0.412. The number of likely N-dealkylation sites (tertiary alicyclic amines) is 1. The van der Waals surface area contributed by atoms with Crippen LogP contribution in [0.25, 0.3) is 0 Å². The summed E-state index contributed by atoms with van der Waals surface area (Å²) in [4.78, 5) is 14.9. The molecule has 3 heterocycles. The van der Waals surface area contributed by atoms with Crippen molar-refractivity contribution in [3.05, 3.63) is 18.0 Å². The first-order valence-corrected chi connectivity index (χ1v) is 9.66. The molecule has 2 aliphatic heterocycles. The second-order valence-corrected chi connectivity index (χ2v) is 7.39. The predicted octanol–water partition coefficient (Wildman–Crippen LogP) is 2.55. The monoisotopic (exact) mass is 349 g/mol. The van der Waals surface area contributed by atoms with E-state index in [9.17, 15) is 4.79 Å². The SMILES string of the molecule is Cc1cnn(C[C@@H]2CCCCN2C(=O)[C@H](C)OC[C@@H]2CCCCO2)c1. The van der Waals surface area contributed by atoms with Gasteiger partial charge in [-0.25, -0.2) is 0 Å². The van der Waals surface area contributed by atoms with E-state index in [0.717, 1.165) is 50.9 Å². The summed E-state index contributed by atoms with van der Waals surface area (Å²) >= 11 is 0. The Kier molecular flexibility index (Phi) is 6.48. The molecule has 1 amide bonds. The summed E-state index contributed by atoms with van der Waals surface area (Å²) in [5, 5.41) is 4.38. The van der Waals surface area contributed by atoms with E-state index in [4.69, 9.17) is 9.47 Å². The fourth-order valence-corrected chi connectivity index (χ4v) is 3.76. The quantitative estimate of drug-likeness (QED) is 0.792. The zero-order chi connectivity index (χ0) is 17.6. The van der Waals surface area contributed by atoms with Crippen LogP contribution in [0.2, 0.25) is 0 Å². The van der Waals surface area contributed by atoms with E-state index < -0.39 is 6.10 Å². The normalized spacial score (nSPS) is 25.8. The number of amides is 1. The Balaban J connectivity index is 1.53. The molecule has 140 valence electrons. The number of rotatable bonds is 6. The van der Waals surface area contributed by atoms with E-state index in [1.807, 2.05) is 35.8 Å². The molecular formula is C19H31N3O3. The van der Waals surface area contributed by atoms with Gasteiger partial charge in [-0.1, -0.05) is 0 Å². The molecule has 0 spiro atoms. The minimum absolute atomic E-state index is 0.101. The zero-order valence-corrected chi connectivity index (χ0v) is 15.5. The van der Waals surface area contributed by atoms with Gasteiger partial charge in [0.15, 0.2) is 0 Å². The summed E-state index contributed by atoms with van der Waals surface area (Å²) in [5.41, 5.74) is 1.15. The number of carbonyl (C=O) groups excluding carboxylic acids is 1. The number of aromatic nitrogens is 2. The lowest BCUT2D eigenvalue weighted by Crippen LogP contribution is -2.50. The Bertz CT molecular complexity index is 554. The van der Waals surface area contributed by atoms with Gasteiger partial charge in [0.05, 0.1) is 31.5 Å². The zero-order valence-electron chi connectivity index (χ0n) is 15.5. The summed E-state index contributed by atoms with van der Waals surface area (Å²) in [6, 6.07) is 0.206. The van der Waals surface area contributed by atoms with E-state index in [0.29, 0.717) is 6.61 Å². The molecule has 6 nitrogen and oxygen atoms in total. The number of nitrogens with zero attached hydrogens (tertiary/aromatic N) is 3. The average molecular weight is 349 g/mol. The van der Waals surface area contributed by atoms with Gasteiger partial charge in [-0.05, 0) is 57.9 Å². The molecule has 2 fully saturated rings. The predicted molar refractivity (Wildman–Crippen MR) is 95.3 cm³/mol. The van der Waals surface area contributed by atoms with E-state index in [1.54, 1.807) is 0 Å². The summed E-state index contributed by atoms with van der Waals surface area (Å²) in [5.74, 6) is 0.101. The first-order chi connectivity index (χ1) is 12.1. The third-order valence-corrected chi connectivity index (χ3v) is 5.22. The van der Waals surface area contributed by atoms with E-state index >= 15 is 0 Å². The van der Waals surface area contributed by atoms with Gasteiger partial charge in [-0.15, -0.1) is 0 Å². The van der Waals surface area contributed by atoms with Crippen molar-refractivity contribution in [1.82, 2.24) is 14.7 Å². The minimum Gasteiger partial charge on any atom is -0.376 e. The van der Waals surface area contributed by atoms with E-state index in [1.165, 1.54) is 12.8 Å². The third-order valence-electron chi connectivity index (χ3n) is 5.22. The van der Waals surface area contributed by atoms with Crippen LogP contribution >= 0.6 is 0 Å². The lowest BCUT2D eigenvalue weighted by Gasteiger charge is -2.37. The molecule has 1 aromatic rings. The number of piperidine rings is 1. The van der Waals surface area contributed by atoms with Crippen molar-refractivity contribution in [2.24, 2.45) is 0 Å². The number of carbonyl (C=O) groups is 1. The number of aryl methyl sites for hydroxylation is 1. The second-order valence-electron chi connectivity index (χ2n) is 7.39. The van der Waals surface area contributed by atoms with Gasteiger partial charge in [0.2, 0.25) is 0 Å². The smallest absolute Gasteiger partial charge is 0.251 e. The van der Waals surface area contributed by atoms with Crippen molar-refractivity contribution in [3.8, 4) is 0 Å². The summed E-state index contributed by atoms with van der Waals surface area (Å²) in [7, 11) is 0. The highest BCUT2D eigenvalue weighted by atomic mass is 16.5. The van der Waals surface area contributed by atoms with Gasteiger partial charge >= 0.3 is 0 Å². The van der Waals surface area contributed by atoms with Crippen LogP contribution in [0.15, 0.2) is 12.4 Å². The molecule has 0 N–H and O–H groups in total. The number of hydrogen-bond donors (Lipinski definition) is 0. The van der Waals surface area contributed by atoms with Crippen LogP contribution in [-0.2, 0) is 20.8 Å². The highest BCUT2D eigenvalue weighted by Crippen LogP contribution is 2.21. The van der Waals surface area contributed by atoms with Crippen LogP contribution in [0, 0.1) is 6.92 Å². The van der Waals surface area contributed by atoms with Gasteiger partial charge in [0.1, 0.15) is 6.10 Å². The Morgan fingerprint density at radius 2 is 2.20 bits per heavy atom. The molecule has 0 bridgehead atoms. The lowest BCUT2D eigenvalue weighted by molar-refractivity contribution is -0.150. The third kappa shape index (κ3) is 5.05. The van der Waals surface area contributed by atoms with Crippen LogP contribution in [0.3, 0.4) is 0 Å². The maximum atomic E-state index is 12.9. The highest BCUT2D eigenvalue weighted by molar-refractivity contribution is 5.81. The maximum absolute atomic E-state index is 12.9. The van der Waals surface area contributed by atoms with Crippen LogP contribution in [-0.4, -0.2) is 58.6 Å². The van der Waals surface area contributed by atoms with Gasteiger partial charge in [-0.3, -0.25) is 9.48 Å². The molecule has 1 aromatic heterocycles. The van der Waals surface area contributed by atoms with Crippen molar-refractivity contribution in [1.29, 1.82) is 0 Å². The van der Waals surface area contributed by atoms with Crippen molar-refractivity contribution >= 4 is 5.91 Å². The van der Waals surface area contributed by atoms with Crippen LogP contribution in [0.5, 0.6) is 0 Å². The molecule has 25 heavy (non-hydrogen) atoms. The largest absolute Gasteiger partial charge is 0.376 e. The lowest BCUT2D eigenvalue weighted by atomic mass is 10.0. The first-order valence-electron chi connectivity index (χ1n) is 9.66. The van der Waals surface area contributed by atoms with Crippen molar-refractivity contribution in [2.75, 3.05) is 19.8 Å². The topological polar surface area (TPSA) is 56.6 Å². The van der Waals surface area contributed by atoms with Crippen LogP contribution in [0.1, 0.15) is 51.0 Å². The Morgan fingerprint density at radius 3 is 2.92 bits per heavy atom. The second kappa shape index (κ2) is 8.81. The molecule has 0 aromatic carbocycles. The summed E-state index contributed by atoms with van der Waals surface area (Å²) < 4.78 is 13.5. The first kappa shape index (κ1) is 18.4. The standard InChI is InChI=1S/C19H31N3O3/c1-15-11-20-21(12-15)13-17-7-3-5-9-22(17)19(23)16(2)25-14-18-8-4-6-10-24-18/h11-12,16-18H,3-10,13-14H2,1-2H3/t16-,17-,18-/m0/s1. The van der Waals surface area contributed by atoms with E-state index in [-0.39, 0.29) is 18.1 Å². The molecule has 0 radical (unpaired) electrons. The molecule has 6 heteroatoms. The molecule has 3 atom stereocenters. The van der Waals surface area contributed by atoms with Gasteiger partial charge < -0.3 is 14.4 Å². The van der Waals surface area contributed by atoms with Crippen molar-refractivity contribution in [3.63, 3.8) is 0 Å². The van der Waals surface area contributed by atoms with Crippen LogP contribution in [0.4, 0.5) is 0 Å². The van der Waals surface area contributed by atoms with Crippen LogP contribution < -0.4 is 0 Å². The summed E-state index contributed by atoms with van der Waals surface area (Å²) in [6.07, 6.45) is 10.3. The molecule has 0 aliphatic carbocycles. The Hall–Kier alpha value is -1.40. The van der Waals surface area contributed by atoms with Gasteiger partial charge in [0, 0.05) is 19.3 Å². The molecule has 3 rings (SSSR count). The highest BCUT2D eigenvalue weighted by Gasteiger charge is 2.31. The molecule has 0 unspecified atom stereocenters. The molecule has 2 aliphatic rings. The van der Waals surface area contributed by atoms with Gasteiger partial charge in [0.25, 0.3) is 5.91 Å². The maximum Gasteiger partial charge on any atom is 0.251 e. The Morgan fingerprint density at radius 1 is 1.36 bits per heavy atom. The molecule has 2 saturated heterocycles. The van der Waals surface area contributed by atoms with E-state index in [2.05, 4.69) is 5.10 Å². The average Bonchev–Trinajstić information content (AvgIpc) is 3.05. The van der Waals surface area contributed by atoms with Gasteiger partial charge in [-0.2, -0.15) is 5.10 Å². The van der Waals surface area contributed by atoms with Crippen molar-refractivity contribution in [2.45, 2.75) is 77.2 Å². The Labute approximate surface area is 150 Å². The number of hydrogen-bond acceptors (Lipinski definition) is 4. The molecule has 0 saturated carbocycles. The fourth-order valence-electron chi connectivity index (χ4n) is 3.76. The van der Waals surface area contributed by atoms with Crippen molar-refractivity contribution < 1.29 is 14.3 Å². The molecular weight excluding hydrogens is 318 g/mol.